The molecule has 0 radical (unpaired) electrons. The largest absolute Gasteiger partial charge is 0.369 e. The standard InChI is InChI=1S/C18H25N3O2S/c1-17(2,16-20-3-4-24-16)15(23)21-13-11-5-10-6-12(13)9-18(7-10,8-11)14(19)22/h3-4,10-13H,5-9H2,1-2H3,(H2,19,22)(H,21,23)/t10?,11-,12+,13?,18?. The molecule has 1 aromatic rings. The maximum atomic E-state index is 12.9. The van der Waals surface area contributed by atoms with E-state index in [0.717, 1.165) is 37.1 Å². The number of carbonyl (C=O) groups is 2. The number of hydrogen-bond donors (Lipinski definition) is 2. The molecular weight excluding hydrogens is 322 g/mol. The normalized spacial score (nSPS) is 37.4. The lowest BCUT2D eigenvalue weighted by molar-refractivity contribution is -0.148. The molecule has 0 aromatic carbocycles. The molecule has 3 unspecified atom stereocenters. The first-order valence-corrected chi connectivity index (χ1v) is 9.71. The zero-order valence-corrected chi connectivity index (χ0v) is 15.1. The highest BCUT2D eigenvalue weighted by molar-refractivity contribution is 7.09. The summed E-state index contributed by atoms with van der Waals surface area (Å²) in [7, 11) is 0. The number of rotatable bonds is 4. The van der Waals surface area contributed by atoms with E-state index in [9.17, 15) is 9.59 Å². The second kappa shape index (κ2) is 5.28. The minimum absolute atomic E-state index is 0.0445. The third kappa shape index (κ3) is 2.30. The Hall–Kier alpha value is -1.43. The molecule has 4 aliphatic rings. The van der Waals surface area contributed by atoms with Crippen molar-refractivity contribution in [3.8, 4) is 0 Å². The molecule has 2 amide bonds. The van der Waals surface area contributed by atoms with E-state index in [0.29, 0.717) is 17.8 Å². The summed E-state index contributed by atoms with van der Waals surface area (Å²) in [6, 6.07) is 0.181. The van der Waals surface area contributed by atoms with Crippen molar-refractivity contribution in [1.82, 2.24) is 10.3 Å². The Morgan fingerprint density at radius 1 is 1.29 bits per heavy atom. The minimum atomic E-state index is -0.621. The number of thiazole rings is 1. The van der Waals surface area contributed by atoms with Crippen molar-refractivity contribution in [2.75, 3.05) is 0 Å². The van der Waals surface area contributed by atoms with Gasteiger partial charge in [0.25, 0.3) is 0 Å². The van der Waals surface area contributed by atoms with Crippen LogP contribution in [0.25, 0.3) is 0 Å². The van der Waals surface area contributed by atoms with Crippen molar-refractivity contribution >= 4 is 23.2 Å². The average Bonchev–Trinajstić information content (AvgIpc) is 3.05. The van der Waals surface area contributed by atoms with Crippen molar-refractivity contribution in [2.45, 2.75) is 57.4 Å². The number of amides is 2. The second-order valence-electron chi connectivity index (χ2n) is 8.58. The first-order chi connectivity index (χ1) is 11.3. The summed E-state index contributed by atoms with van der Waals surface area (Å²) >= 11 is 1.52. The van der Waals surface area contributed by atoms with E-state index >= 15 is 0 Å². The highest BCUT2D eigenvalue weighted by atomic mass is 32.1. The van der Waals surface area contributed by atoms with Gasteiger partial charge in [0, 0.05) is 23.0 Å². The van der Waals surface area contributed by atoms with E-state index in [1.165, 1.54) is 11.3 Å². The molecular formula is C18H25N3O2S. The SMILES string of the molecule is CC(C)(C(=O)NC1[C@@H]2CC3C[C@H]1CC(C(N)=O)(C3)C2)c1nccs1. The van der Waals surface area contributed by atoms with Gasteiger partial charge < -0.3 is 11.1 Å². The van der Waals surface area contributed by atoms with Gasteiger partial charge in [-0.25, -0.2) is 4.98 Å². The van der Waals surface area contributed by atoms with Gasteiger partial charge >= 0.3 is 0 Å². The molecule has 4 bridgehead atoms. The van der Waals surface area contributed by atoms with E-state index in [2.05, 4.69) is 10.3 Å². The third-order valence-electron chi connectivity index (χ3n) is 6.63. The Kier molecular flexibility index (Phi) is 3.53. The summed E-state index contributed by atoms with van der Waals surface area (Å²) < 4.78 is 0. The smallest absolute Gasteiger partial charge is 0.232 e. The summed E-state index contributed by atoms with van der Waals surface area (Å²) in [5.74, 6) is 1.30. The van der Waals surface area contributed by atoms with Crippen LogP contribution < -0.4 is 11.1 Å². The van der Waals surface area contributed by atoms with Gasteiger partial charge in [-0.2, -0.15) is 0 Å². The lowest BCUT2D eigenvalue weighted by Gasteiger charge is -2.59. The molecule has 24 heavy (non-hydrogen) atoms. The monoisotopic (exact) mass is 347 g/mol. The Labute approximate surface area is 146 Å². The molecule has 130 valence electrons. The van der Waals surface area contributed by atoms with Crippen LogP contribution in [0, 0.1) is 23.2 Å². The number of nitrogens with one attached hydrogen (secondary N) is 1. The molecule has 5 nitrogen and oxygen atoms in total. The number of primary amides is 1. The van der Waals surface area contributed by atoms with Crippen LogP contribution in [0.4, 0.5) is 0 Å². The predicted octanol–water partition coefficient (Wildman–Crippen LogP) is 2.22. The van der Waals surface area contributed by atoms with Gasteiger partial charge in [0.15, 0.2) is 0 Å². The van der Waals surface area contributed by atoms with Crippen LogP contribution in [0.15, 0.2) is 11.6 Å². The molecule has 5 atom stereocenters. The molecule has 1 aromatic heterocycles. The molecule has 1 heterocycles. The minimum Gasteiger partial charge on any atom is -0.369 e. The van der Waals surface area contributed by atoms with E-state index < -0.39 is 5.41 Å². The number of nitrogens with two attached hydrogens (primary N) is 1. The second-order valence-corrected chi connectivity index (χ2v) is 9.47. The van der Waals surface area contributed by atoms with Gasteiger partial charge in [0.2, 0.25) is 11.8 Å². The van der Waals surface area contributed by atoms with Gasteiger partial charge in [-0.05, 0) is 63.7 Å². The van der Waals surface area contributed by atoms with Crippen molar-refractivity contribution in [1.29, 1.82) is 0 Å². The van der Waals surface area contributed by atoms with Gasteiger partial charge in [-0.15, -0.1) is 11.3 Å². The van der Waals surface area contributed by atoms with Crippen LogP contribution in [0.2, 0.25) is 0 Å². The fourth-order valence-corrected chi connectivity index (χ4v) is 6.28. The Morgan fingerprint density at radius 3 is 2.50 bits per heavy atom. The number of carbonyl (C=O) groups excluding carboxylic acids is 2. The molecule has 0 aliphatic heterocycles. The first kappa shape index (κ1) is 16.1. The van der Waals surface area contributed by atoms with Gasteiger partial charge in [-0.1, -0.05) is 0 Å². The Morgan fingerprint density at radius 2 is 1.96 bits per heavy atom. The molecule has 0 saturated heterocycles. The first-order valence-electron chi connectivity index (χ1n) is 8.83. The molecule has 4 fully saturated rings. The lowest BCUT2D eigenvalue weighted by atomic mass is 9.47. The van der Waals surface area contributed by atoms with Crippen LogP contribution in [0.5, 0.6) is 0 Å². The summed E-state index contributed by atoms with van der Waals surface area (Å²) in [6.45, 7) is 3.87. The van der Waals surface area contributed by atoms with E-state index in [4.69, 9.17) is 5.73 Å². The number of nitrogens with zero attached hydrogens (tertiary/aromatic N) is 1. The van der Waals surface area contributed by atoms with Crippen molar-refractivity contribution in [3.05, 3.63) is 16.6 Å². The quantitative estimate of drug-likeness (QED) is 0.876. The third-order valence-corrected chi connectivity index (χ3v) is 7.73. The van der Waals surface area contributed by atoms with Crippen molar-refractivity contribution in [3.63, 3.8) is 0 Å². The zero-order valence-electron chi connectivity index (χ0n) is 14.2. The summed E-state index contributed by atoms with van der Waals surface area (Å²) in [5.41, 5.74) is 4.81. The highest BCUT2D eigenvalue weighted by Gasteiger charge is 2.58. The lowest BCUT2D eigenvalue weighted by Crippen LogP contribution is -2.63. The van der Waals surface area contributed by atoms with E-state index in [1.807, 2.05) is 19.2 Å². The highest BCUT2D eigenvalue weighted by Crippen LogP contribution is 2.60. The topological polar surface area (TPSA) is 85.1 Å². The van der Waals surface area contributed by atoms with Crippen LogP contribution in [0.1, 0.15) is 51.0 Å². The van der Waals surface area contributed by atoms with Crippen LogP contribution >= 0.6 is 11.3 Å². The van der Waals surface area contributed by atoms with E-state index in [1.54, 1.807) is 6.20 Å². The fourth-order valence-electron chi connectivity index (χ4n) is 5.52. The Balaban J connectivity index is 1.53. The van der Waals surface area contributed by atoms with Crippen LogP contribution in [0.3, 0.4) is 0 Å². The number of aromatic nitrogens is 1. The molecule has 3 N–H and O–H groups in total. The van der Waals surface area contributed by atoms with Gasteiger partial charge in [0.05, 0.1) is 5.41 Å². The number of hydrogen-bond acceptors (Lipinski definition) is 4. The summed E-state index contributed by atoms with van der Waals surface area (Å²) in [5, 5.41) is 6.07. The maximum Gasteiger partial charge on any atom is 0.232 e. The van der Waals surface area contributed by atoms with Gasteiger partial charge in [-0.3, -0.25) is 9.59 Å². The summed E-state index contributed by atoms with van der Waals surface area (Å²) in [6.07, 6.45) is 6.63. The maximum absolute atomic E-state index is 12.9. The Bertz CT molecular complexity index is 654. The average molecular weight is 347 g/mol. The predicted molar refractivity (Wildman–Crippen MR) is 92.3 cm³/mol. The van der Waals surface area contributed by atoms with Crippen molar-refractivity contribution < 1.29 is 9.59 Å². The summed E-state index contributed by atoms with van der Waals surface area (Å²) in [4.78, 5) is 29.3. The van der Waals surface area contributed by atoms with Crippen LogP contribution in [-0.2, 0) is 15.0 Å². The molecule has 4 saturated carbocycles. The molecule has 5 rings (SSSR count). The van der Waals surface area contributed by atoms with Crippen LogP contribution in [-0.4, -0.2) is 22.8 Å². The zero-order chi connectivity index (χ0) is 17.1. The van der Waals surface area contributed by atoms with Crippen molar-refractivity contribution in [2.24, 2.45) is 28.9 Å². The molecule has 4 aliphatic carbocycles. The molecule has 6 heteroatoms. The fraction of sp³-hybridized carbons (Fsp3) is 0.722. The van der Waals surface area contributed by atoms with E-state index in [-0.39, 0.29) is 23.3 Å². The molecule has 0 spiro atoms. The van der Waals surface area contributed by atoms with Gasteiger partial charge in [0.1, 0.15) is 5.01 Å².